The molecule has 35 heavy (non-hydrogen) atoms. The summed E-state index contributed by atoms with van der Waals surface area (Å²) in [5.41, 5.74) is 2.70. The van der Waals surface area contributed by atoms with Gasteiger partial charge in [0, 0.05) is 11.6 Å². The number of aliphatic hydroxyl groups excluding tert-OH is 1. The molecule has 0 aromatic heterocycles. The van der Waals surface area contributed by atoms with Gasteiger partial charge in [0.05, 0.1) is 40.4 Å². The Morgan fingerprint density at radius 3 is 2.17 bits per heavy atom. The maximum absolute atomic E-state index is 12.2. The Hall–Kier alpha value is -4.30. The molecule has 184 valence electrons. The third kappa shape index (κ3) is 8.21. The lowest BCUT2D eigenvalue weighted by Gasteiger charge is -2.10. The zero-order valence-corrected chi connectivity index (χ0v) is 20.1. The second kappa shape index (κ2) is 13.4. The lowest BCUT2D eigenvalue weighted by Crippen LogP contribution is -2.05. The molecule has 0 spiro atoms. The van der Waals surface area contributed by atoms with E-state index in [0.717, 1.165) is 6.08 Å². The van der Waals surface area contributed by atoms with Crippen LogP contribution >= 0.6 is 0 Å². The van der Waals surface area contributed by atoms with Crippen LogP contribution in [-0.4, -0.2) is 45.3 Å². The van der Waals surface area contributed by atoms with E-state index < -0.39 is 5.78 Å². The first-order valence-electron chi connectivity index (χ1n) is 10.4. The van der Waals surface area contributed by atoms with Crippen molar-refractivity contribution >= 4 is 29.7 Å². The monoisotopic (exact) mass is 480 g/mol. The summed E-state index contributed by atoms with van der Waals surface area (Å²) in [4.78, 5) is 33.3. The summed E-state index contributed by atoms with van der Waals surface area (Å²) in [6.45, 7) is 3.76. The van der Waals surface area contributed by atoms with Gasteiger partial charge in [-0.1, -0.05) is 36.9 Å². The van der Waals surface area contributed by atoms with E-state index in [1.807, 2.05) is 0 Å². The van der Waals surface area contributed by atoms with Gasteiger partial charge in [-0.05, 0) is 41.5 Å². The highest BCUT2D eigenvalue weighted by Crippen LogP contribution is 2.27. The van der Waals surface area contributed by atoms with E-state index in [1.165, 1.54) is 40.6 Å². The summed E-state index contributed by atoms with van der Waals surface area (Å²) in [5, 5.41) is 10.1. The molecule has 0 aliphatic carbocycles. The van der Waals surface area contributed by atoms with E-state index in [2.05, 4.69) is 16.2 Å². The van der Waals surface area contributed by atoms with Crippen molar-refractivity contribution in [3.8, 4) is 11.5 Å². The summed E-state index contributed by atoms with van der Waals surface area (Å²) < 4.78 is 15.3. The number of ketones is 1. The van der Waals surface area contributed by atoms with E-state index in [4.69, 9.17) is 14.4 Å². The molecule has 0 atom stereocenters. The molecule has 2 aromatic carbocycles. The van der Waals surface area contributed by atoms with Crippen LogP contribution < -0.4 is 9.47 Å². The Labute approximate surface area is 204 Å². The smallest absolute Gasteiger partial charge is 0.310 e. The Bertz CT molecular complexity index is 1160. The van der Waals surface area contributed by atoms with Crippen LogP contribution in [0.1, 0.15) is 22.3 Å². The lowest BCUT2D eigenvalue weighted by molar-refractivity contribution is -0.207. The molecule has 1 N–H and O–H groups in total. The first-order chi connectivity index (χ1) is 16.8. The van der Waals surface area contributed by atoms with Crippen molar-refractivity contribution in [2.24, 2.45) is 0 Å². The number of benzene rings is 2. The molecule has 0 unspecified atom stereocenters. The molecule has 0 fully saturated rings. The molecule has 0 heterocycles. The van der Waals surface area contributed by atoms with Crippen molar-refractivity contribution in [2.45, 2.75) is 6.42 Å². The molecular formula is C27H28O8. The number of carbonyl (C=O) groups is 2. The van der Waals surface area contributed by atoms with Crippen molar-refractivity contribution in [3.63, 3.8) is 0 Å². The minimum atomic E-state index is -0.409. The van der Waals surface area contributed by atoms with Gasteiger partial charge in [0.15, 0.2) is 11.5 Å². The van der Waals surface area contributed by atoms with Crippen LogP contribution in [0.4, 0.5) is 0 Å². The molecule has 2 aromatic rings. The van der Waals surface area contributed by atoms with Crippen LogP contribution in [0.2, 0.25) is 0 Å². The van der Waals surface area contributed by atoms with Crippen LogP contribution in [0.5, 0.6) is 11.5 Å². The predicted octanol–water partition coefficient (Wildman–Crippen LogP) is 4.71. The fraction of sp³-hybridized carbons (Fsp3) is 0.185. The third-order valence-corrected chi connectivity index (χ3v) is 4.76. The number of carbonyl (C=O) groups excluding carboxylic acids is 2. The zero-order chi connectivity index (χ0) is 25.8. The summed E-state index contributed by atoms with van der Waals surface area (Å²) in [5.74, 6) is 0.284. The van der Waals surface area contributed by atoms with Crippen LogP contribution in [-0.2, 0) is 30.5 Å². The molecule has 0 bridgehead atoms. The molecular weight excluding hydrogens is 452 g/mol. The number of hydrogen-bond acceptors (Lipinski definition) is 8. The highest BCUT2D eigenvalue weighted by atomic mass is 17.2. The average Bonchev–Trinajstić information content (AvgIpc) is 2.86. The van der Waals surface area contributed by atoms with Crippen molar-refractivity contribution in [3.05, 3.63) is 89.2 Å². The van der Waals surface area contributed by atoms with E-state index >= 15 is 0 Å². The van der Waals surface area contributed by atoms with Crippen LogP contribution in [0, 0.1) is 0 Å². The molecule has 0 aliphatic rings. The van der Waals surface area contributed by atoms with Crippen molar-refractivity contribution < 1.29 is 38.7 Å². The molecule has 0 saturated carbocycles. The topological polar surface area (TPSA) is 101 Å². The van der Waals surface area contributed by atoms with Crippen LogP contribution in [0.3, 0.4) is 0 Å². The number of ether oxygens (including phenoxy) is 3. The number of rotatable bonds is 12. The largest absolute Gasteiger partial charge is 0.508 e. The average molecular weight is 481 g/mol. The summed E-state index contributed by atoms with van der Waals surface area (Å²) in [6.07, 6.45) is 7.10. The highest BCUT2D eigenvalue weighted by Gasteiger charge is 2.10. The SMILES string of the molecule is C=C(OOC)c1ccc(/C=C/C(=O)/C=C(O)/C=C/c2ccc(CC(=O)OC)c(OC)c2)cc1OC. The Balaban J connectivity index is 2.08. The fourth-order valence-corrected chi connectivity index (χ4v) is 3.03. The van der Waals surface area contributed by atoms with Gasteiger partial charge < -0.3 is 24.2 Å². The molecule has 0 saturated heterocycles. The van der Waals surface area contributed by atoms with Gasteiger partial charge in [-0.2, -0.15) is 4.89 Å². The fourth-order valence-electron chi connectivity index (χ4n) is 3.03. The Morgan fingerprint density at radius 2 is 1.54 bits per heavy atom. The second-order valence-corrected chi connectivity index (χ2v) is 7.10. The highest BCUT2D eigenvalue weighted by molar-refractivity contribution is 6.02. The summed E-state index contributed by atoms with van der Waals surface area (Å²) in [7, 11) is 5.70. The molecule has 8 heteroatoms. The van der Waals surface area contributed by atoms with Gasteiger partial charge >= 0.3 is 5.97 Å². The number of allylic oxidation sites excluding steroid dienone is 3. The molecule has 0 aliphatic heterocycles. The van der Waals surface area contributed by atoms with Gasteiger partial charge in [-0.25, -0.2) is 0 Å². The third-order valence-electron chi connectivity index (χ3n) is 4.76. The summed E-state index contributed by atoms with van der Waals surface area (Å²) in [6, 6.07) is 10.4. The molecule has 0 radical (unpaired) electrons. The number of esters is 1. The van der Waals surface area contributed by atoms with E-state index in [9.17, 15) is 14.7 Å². The van der Waals surface area contributed by atoms with E-state index in [-0.39, 0.29) is 23.9 Å². The van der Waals surface area contributed by atoms with Gasteiger partial charge in [-0.3, -0.25) is 9.59 Å². The summed E-state index contributed by atoms with van der Waals surface area (Å²) >= 11 is 0. The predicted molar refractivity (Wildman–Crippen MR) is 133 cm³/mol. The number of methoxy groups -OCH3 is 3. The molecule has 2 rings (SSSR count). The second-order valence-electron chi connectivity index (χ2n) is 7.10. The lowest BCUT2D eigenvalue weighted by atomic mass is 10.1. The molecule has 0 amide bonds. The Morgan fingerprint density at radius 1 is 0.914 bits per heavy atom. The van der Waals surface area contributed by atoms with Crippen molar-refractivity contribution in [1.82, 2.24) is 0 Å². The van der Waals surface area contributed by atoms with Gasteiger partial charge in [0.1, 0.15) is 17.3 Å². The first kappa shape index (κ1) is 26.9. The minimum absolute atomic E-state index is 0.0833. The van der Waals surface area contributed by atoms with Crippen molar-refractivity contribution in [2.75, 3.05) is 28.4 Å². The van der Waals surface area contributed by atoms with Gasteiger partial charge in [0.2, 0.25) is 0 Å². The van der Waals surface area contributed by atoms with E-state index in [0.29, 0.717) is 33.8 Å². The van der Waals surface area contributed by atoms with Crippen molar-refractivity contribution in [1.29, 1.82) is 0 Å². The number of aliphatic hydroxyl groups is 1. The standard InChI is InChI=1S/C27H28O8/c1-18(35-34-5)24-13-9-20(15-26(24)32-3)8-12-23(29)17-22(28)11-7-19-6-10-21(16-27(30)33-4)25(14-19)31-2/h6-15,17,28H,1,16H2,2-5H3/b11-7+,12-8+,22-17-. The normalized spacial score (nSPS) is 11.5. The van der Waals surface area contributed by atoms with Gasteiger partial charge in [0.25, 0.3) is 0 Å². The minimum Gasteiger partial charge on any atom is -0.508 e. The maximum Gasteiger partial charge on any atom is 0.310 e. The van der Waals surface area contributed by atoms with E-state index in [1.54, 1.807) is 48.6 Å². The van der Waals surface area contributed by atoms with Crippen LogP contribution in [0.25, 0.3) is 17.9 Å². The van der Waals surface area contributed by atoms with Gasteiger partial charge in [-0.15, -0.1) is 0 Å². The molecule has 8 nitrogen and oxygen atoms in total. The zero-order valence-electron chi connectivity index (χ0n) is 20.1. The Kier molecular flexibility index (Phi) is 10.3. The van der Waals surface area contributed by atoms with Crippen LogP contribution in [0.15, 0.2) is 67.0 Å². The first-order valence-corrected chi connectivity index (χ1v) is 10.4. The number of hydrogen-bond donors (Lipinski definition) is 1. The maximum atomic E-state index is 12.2. The quantitative estimate of drug-likeness (QED) is 0.116.